The number of ether oxygens (including phenoxy) is 1. The number of esters is 1. The molecule has 0 N–H and O–H groups in total. The number of hydrogen-bond acceptors (Lipinski definition) is 2. The van der Waals surface area contributed by atoms with E-state index in [1.165, 1.54) is 25.7 Å². The molecule has 0 amide bonds. The summed E-state index contributed by atoms with van der Waals surface area (Å²) in [6.45, 7) is 5.78. The molecule has 19 heavy (non-hydrogen) atoms. The Hall–Kier alpha value is -0.790. The van der Waals surface area contributed by atoms with Crippen LogP contribution in [0.4, 0.5) is 0 Å². The predicted molar refractivity (Wildman–Crippen MR) is 73.3 cm³/mol. The van der Waals surface area contributed by atoms with Crippen LogP contribution >= 0.6 is 0 Å². The average Bonchev–Trinajstić information content (AvgIpc) is 3.14. The van der Waals surface area contributed by atoms with Gasteiger partial charge >= 0.3 is 5.97 Å². The lowest BCUT2D eigenvalue weighted by Gasteiger charge is -2.38. The van der Waals surface area contributed by atoms with Gasteiger partial charge in [0.05, 0.1) is 0 Å². The van der Waals surface area contributed by atoms with Gasteiger partial charge in [-0.2, -0.15) is 0 Å². The second kappa shape index (κ2) is 4.10. The first-order valence-electron chi connectivity index (χ1n) is 8.07. The third-order valence-corrected chi connectivity index (χ3v) is 6.65. The molecule has 4 fully saturated rings. The number of hydrogen-bond donors (Lipinski definition) is 0. The molecule has 0 aromatic heterocycles. The molecule has 2 heteroatoms. The van der Waals surface area contributed by atoms with E-state index in [0.29, 0.717) is 17.9 Å². The van der Waals surface area contributed by atoms with Gasteiger partial charge in [-0.1, -0.05) is 13.5 Å². The van der Waals surface area contributed by atoms with Gasteiger partial charge in [-0.25, -0.2) is 4.79 Å². The van der Waals surface area contributed by atoms with Crippen LogP contribution in [0.25, 0.3) is 0 Å². The third-order valence-electron chi connectivity index (χ3n) is 6.65. The van der Waals surface area contributed by atoms with Crippen LogP contribution in [0.3, 0.4) is 0 Å². The highest BCUT2D eigenvalue weighted by Gasteiger charge is 2.63. The van der Waals surface area contributed by atoms with Crippen LogP contribution < -0.4 is 0 Å². The summed E-state index contributed by atoms with van der Waals surface area (Å²) in [5.41, 5.74) is 0.632. The zero-order chi connectivity index (χ0) is 13.1. The predicted octanol–water partition coefficient (Wildman–Crippen LogP) is 3.57. The van der Waals surface area contributed by atoms with E-state index in [9.17, 15) is 4.79 Å². The van der Waals surface area contributed by atoms with Gasteiger partial charge in [-0.3, -0.25) is 0 Å². The monoisotopic (exact) mass is 260 g/mol. The van der Waals surface area contributed by atoms with E-state index in [2.05, 4.69) is 6.58 Å². The molecule has 0 spiro atoms. The topological polar surface area (TPSA) is 26.3 Å². The average molecular weight is 260 g/mol. The maximum absolute atomic E-state index is 11.9. The molecule has 0 aromatic carbocycles. The maximum atomic E-state index is 11.9. The van der Waals surface area contributed by atoms with Crippen LogP contribution in [0.5, 0.6) is 0 Å². The summed E-state index contributed by atoms with van der Waals surface area (Å²) >= 11 is 0. The zero-order valence-corrected chi connectivity index (χ0v) is 11.8. The number of carbonyl (C=O) groups is 1. The molecule has 2 nitrogen and oxygen atoms in total. The lowest BCUT2D eigenvalue weighted by molar-refractivity contribution is -0.149. The summed E-state index contributed by atoms with van der Waals surface area (Å²) in [4.78, 5) is 11.9. The molecule has 4 aliphatic carbocycles. The van der Waals surface area contributed by atoms with Crippen molar-refractivity contribution >= 4 is 5.97 Å². The van der Waals surface area contributed by atoms with Crippen LogP contribution in [0.15, 0.2) is 12.2 Å². The van der Waals surface area contributed by atoms with Crippen LogP contribution in [-0.2, 0) is 9.53 Å². The Labute approximate surface area is 115 Å². The number of rotatable bonds is 3. The summed E-state index contributed by atoms with van der Waals surface area (Å²) in [6.07, 6.45) is 7.78. The summed E-state index contributed by atoms with van der Waals surface area (Å²) in [6, 6.07) is 0. The van der Waals surface area contributed by atoms with Gasteiger partial charge in [0.2, 0.25) is 0 Å². The first-order chi connectivity index (χ1) is 9.19. The second-order valence-corrected chi connectivity index (χ2v) is 7.28. The Morgan fingerprint density at radius 2 is 1.84 bits per heavy atom. The van der Waals surface area contributed by atoms with Gasteiger partial charge in [0.15, 0.2) is 0 Å². The van der Waals surface area contributed by atoms with Crippen LogP contribution in [0.2, 0.25) is 0 Å². The van der Waals surface area contributed by atoms with Gasteiger partial charge in [0, 0.05) is 5.57 Å². The molecule has 4 saturated carbocycles. The van der Waals surface area contributed by atoms with Crippen molar-refractivity contribution in [3.05, 3.63) is 12.2 Å². The summed E-state index contributed by atoms with van der Waals surface area (Å²) in [5.74, 6) is 5.27. The maximum Gasteiger partial charge on any atom is 0.333 e. The van der Waals surface area contributed by atoms with Gasteiger partial charge in [-0.15, -0.1) is 0 Å². The van der Waals surface area contributed by atoms with Gasteiger partial charge in [0.1, 0.15) is 6.10 Å². The molecule has 0 radical (unpaired) electrons. The molecule has 0 heterocycles. The van der Waals surface area contributed by atoms with Crippen molar-refractivity contribution in [2.45, 2.75) is 51.6 Å². The van der Waals surface area contributed by atoms with E-state index in [1.54, 1.807) is 0 Å². The molecular formula is C17H24O2. The van der Waals surface area contributed by atoms with E-state index in [0.717, 1.165) is 36.0 Å². The number of fused-ring (bicyclic) bond motifs is 9. The Kier molecular flexibility index (Phi) is 2.59. The molecular weight excluding hydrogens is 236 g/mol. The standard InChI is InChI=1S/C17H24O2/c1-3-9(2)17(18)19-14-8-12-7-13(14)16-11-5-4-10(6-11)15(12)16/h10-16H,2-8H2,1H3. The van der Waals surface area contributed by atoms with Crippen LogP contribution in [0.1, 0.15) is 45.4 Å². The molecule has 4 rings (SSSR count). The molecule has 4 aliphatic rings. The van der Waals surface area contributed by atoms with Crippen molar-refractivity contribution in [2.24, 2.45) is 35.5 Å². The fraction of sp³-hybridized carbons (Fsp3) is 0.824. The van der Waals surface area contributed by atoms with Crippen molar-refractivity contribution in [1.29, 1.82) is 0 Å². The van der Waals surface area contributed by atoms with Crippen molar-refractivity contribution in [2.75, 3.05) is 0 Å². The Balaban J connectivity index is 1.48. The molecule has 7 atom stereocenters. The first kappa shape index (κ1) is 12.0. The minimum absolute atomic E-state index is 0.139. The molecule has 0 saturated heterocycles. The lowest BCUT2D eigenvalue weighted by atomic mass is 9.70. The summed E-state index contributed by atoms with van der Waals surface area (Å²) in [5, 5.41) is 0. The van der Waals surface area contributed by atoms with Crippen LogP contribution in [0, 0.1) is 35.5 Å². The Morgan fingerprint density at radius 3 is 2.58 bits per heavy atom. The largest absolute Gasteiger partial charge is 0.459 e. The highest BCUT2D eigenvalue weighted by molar-refractivity contribution is 5.87. The normalized spacial score (nSPS) is 49.4. The molecule has 104 valence electrons. The molecule has 7 unspecified atom stereocenters. The van der Waals surface area contributed by atoms with Crippen molar-refractivity contribution in [3.8, 4) is 0 Å². The highest BCUT2D eigenvalue weighted by atomic mass is 16.5. The SMILES string of the molecule is C=C(CC)C(=O)OC1CC2CC1C1C3CCC(C3)C21. The minimum Gasteiger partial charge on any atom is -0.459 e. The minimum atomic E-state index is -0.139. The van der Waals surface area contributed by atoms with E-state index in [-0.39, 0.29) is 12.1 Å². The highest BCUT2D eigenvalue weighted by Crippen LogP contribution is 2.67. The first-order valence-corrected chi connectivity index (χ1v) is 8.07. The smallest absolute Gasteiger partial charge is 0.333 e. The fourth-order valence-corrected chi connectivity index (χ4v) is 6.01. The van der Waals surface area contributed by atoms with E-state index in [1.807, 2.05) is 6.92 Å². The van der Waals surface area contributed by atoms with Gasteiger partial charge < -0.3 is 4.74 Å². The van der Waals surface area contributed by atoms with E-state index >= 15 is 0 Å². The summed E-state index contributed by atoms with van der Waals surface area (Å²) in [7, 11) is 0. The van der Waals surface area contributed by atoms with Crippen molar-refractivity contribution in [3.63, 3.8) is 0 Å². The quantitative estimate of drug-likeness (QED) is 0.440. The van der Waals surface area contributed by atoms with Crippen LogP contribution in [-0.4, -0.2) is 12.1 Å². The summed E-state index contributed by atoms with van der Waals surface area (Å²) < 4.78 is 5.78. The van der Waals surface area contributed by atoms with Crippen molar-refractivity contribution < 1.29 is 9.53 Å². The fourth-order valence-electron chi connectivity index (χ4n) is 6.01. The van der Waals surface area contributed by atoms with E-state index in [4.69, 9.17) is 4.74 Å². The third kappa shape index (κ3) is 1.58. The lowest BCUT2D eigenvalue weighted by Crippen LogP contribution is -2.37. The molecule has 0 aliphatic heterocycles. The second-order valence-electron chi connectivity index (χ2n) is 7.28. The zero-order valence-electron chi connectivity index (χ0n) is 11.8. The Bertz CT molecular complexity index is 427. The van der Waals surface area contributed by atoms with Gasteiger partial charge in [0.25, 0.3) is 0 Å². The Morgan fingerprint density at radius 1 is 1.11 bits per heavy atom. The molecule has 4 bridgehead atoms. The molecule has 0 aromatic rings. The van der Waals surface area contributed by atoms with E-state index < -0.39 is 0 Å². The van der Waals surface area contributed by atoms with Gasteiger partial charge in [-0.05, 0) is 74.0 Å². The number of carbonyl (C=O) groups excluding carboxylic acids is 1. The van der Waals surface area contributed by atoms with Crippen molar-refractivity contribution in [1.82, 2.24) is 0 Å².